The normalized spacial score (nSPS) is 12.4. The molecular weight excluding hydrogens is 314 g/mol. The Morgan fingerprint density at radius 2 is 1.95 bits per heavy atom. The number of nitrogens with one attached hydrogen (secondary N) is 1. The van der Waals surface area contributed by atoms with E-state index >= 15 is 0 Å². The molecule has 7 heteroatoms. The number of rotatable bonds is 7. The Labute approximate surface area is 131 Å². The SMILES string of the molecule is OC(CNCc1ccc(OC(F)F)c(Cl)c1)c1ccncc1. The van der Waals surface area contributed by atoms with Crippen molar-refractivity contribution in [3.05, 3.63) is 58.9 Å². The van der Waals surface area contributed by atoms with Gasteiger partial charge >= 0.3 is 6.61 Å². The summed E-state index contributed by atoms with van der Waals surface area (Å²) >= 11 is 5.87. The molecule has 1 unspecified atom stereocenters. The summed E-state index contributed by atoms with van der Waals surface area (Å²) in [7, 11) is 0. The average Bonchev–Trinajstić information content (AvgIpc) is 2.50. The molecule has 0 bridgehead atoms. The average molecular weight is 329 g/mol. The van der Waals surface area contributed by atoms with Crippen molar-refractivity contribution in [1.29, 1.82) is 0 Å². The maximum absolute atomic E-state index is 12.1. The summed E-state index contributed by atoms with van der Waals surface area (Å²) in [6, 6.07) is 8.05. The van der Waals surface area contributed by atoms with Crippen LogP contribution in [0.4, 0.5) is 8.78 Å². The Hall–Kier alpha value is -1.76. The van der Waals surface area contributed by atoms with E-state index in [1.54, 1.807) is 36.7 Å². The monoisotopic (exact) mass is 328 g/mol. The van der Waals surface area contributed by atoms with Crippen LogP contribution in [0.3, 0.4) is 0 Å². The van der Waals surface area contributed by atoms with Crippen LogP contribution in [-0.2, 0) is 6.54 Å². The first-order chi connectivity index (χ1) is 10.6. The first kappa shape index (κ1) is 16.6. The van der Waals surface area contributed by atoms with Crippen molar-refractivity contribution in [1.82, 2.24) is 10.3 Å². The largest absolute Gasteiger partial charge is 0.433 e. The molecule has 0 aliphatic rings. The van der Waals surface area contributed by atoms with E-state index in [1.165, 1.54) is 6.07 Å². The number of nitrogens with zero attached hydrogens (tertiary/aromatic N) is 1. The molecular formula is C15H15ClF2N2O2. The van der Waals surface area contributed by atoms with Gasteiger partial charge in [-0.3, -0.25) is 4.98 Å². The number of ether oxygens (including phenoxy) is 1. The predicted octanol–water partition coefficient (Wildman–Crippen LogP) is 3.16. The quantitative estimate of drug-likeness (QED) is 0.820. The molecule has 22 heavy (non-hydrogen) atoms. The molecule has 0 amide bonds. The van der Waals surface area contributed by atoms with E-state index in [0.717, 1.165) is 11.1 Å². The Balaban J connectivity index is 1.85. The molecule has 1 atom stereocenters. The topological polar surface area (TPSA) is 54.4 Å². The van der Waals surface area contributed by atoms with Gasteiger partial charge in [-0.15, -0.1) is 0 Å². The van der Waals surface area contributed by atoms with Crippen LogP contribution in [0.2, 0.25) is 5.02 Å². The Morgan fingerprint density at radius 3 is 2.59 bits per heavy atom. The van der Waals surface area contributed by atoms with Crippen molar-refractivity contribution in [3.8, 4) is 5.75 Å². The van der Waals surface area contributed by atoms with Crippen LogP contribution in [0, 0.1) is 0 Å². The van der Waals surface area contributed by atoms with Crippen molar-refractivity contribution in [2.45, 2.75) is 19.3 Å². The van der Waals surface area contributed by atoms with Gasteiger partial charge in [0, 0.05) is 25.5 Å². The van der Waals surface area contributed by atoms with Crippen molar-refractivity contribution in [3.63, 3.8) is 0 Å². The molecule has 0 fully saturated rings. The third-order valence-electron chi connectivity index (χ3n) is 2.97. The fourth-order valence-corrected chi connectivity index (χ4v) is 2.15. The molecule has 4 nitrogen and oxygen atoms in total. The minimum absolute atomic E-state index is 0.0581. The maximum Gasteiger partial charge on any atom is 0.387 e. The van der Waals surface area contributed by atoms with E-state index in [-0.39, 0.29) is 10.8 Å². The maximum atomic E-state index is 12.1. The third-order valence-corrected chi connectivity index (χ3v) is 3.27. The zero-order valence-corrected chi connectivity index (χ0v) is 12.3. The third kappa shape index (κ3) is 4.91. The van der Waals surface area contributed by atoms with Crippen LogP contribution in [0.15, 0.2) is 42.7 Å². The zero-order valence-electron chi connectivity index (χ0n) is 11.5. The van der Waals surface area contributed by atoms with Crippen LogP contribution >= 0.6 is 11.6 Å². The van der Waals surface area contributed by atoms with E-state index in [4.69, 9.17) is 11.6 Å². The fraction of sp³-hybridized carbons (Fsp3) is 0.267. The van der Waals surface area contributed by atoms with Gasteiger partial charge in [-0.1, -0.05) is 17.7 Å². The summed E-state index contributed by atoms with van der Waals surface area (Å²) in [5, 5.41) is 13.2. The Kier molecular flexibility index (Phi) is 6.06. The number of aliphatic hydroxyl groups is 1. The van der Waals surface area contributed by atoms with E-state index in [9.17, 15) is 13.9 Å². The number of aliphatic hydroxyl groups excluding tert-OH is 1. The van der Waals surface area contributed by atoms with Crippen LogP contribution in [0.1, 0.15) is 17.2 Å². The van der Waals surface area contributed by atoms with Gasteiger partial charge in [-0.2, -0.15) is 8.78 Å². The summed E-state index contributed by atoms with van der Waals surface area (Å²) < 4.78 is 28.5. The number of pyridine rings is 1. The molecule has 0 spiro atoms. The van der Waals surface area contributed by atoms with Crippen LogP contribution in [-0.4, -0.2) is 23.2 Å². The zero-order chi connectivity index (χ0) is 15.9. The van der Waals surface area contributed by atoms with Crippen LogP contribution in [0.5, 0.6) is 5.75 Å². The molecule has 0 saturated heterocycles. The van der Waals surface area contributed by atoms with Crippen molar-refractivity contribution in [2.75, 3.05) is 6.54 Å². The molecule has 2 rings (SSSR count). The lowest BCUT2D eigenvalue weighted by Crippen LogP contribution is -2.21. The lowest BCUT2D eigenvalue weighted by atomic mass is 10.1. The highest BCUT2D eigenvalue weighted by Gasteiger charge is 2.10. The molecule has 0 radical (unpaired) electrons. The van der Waals surface area contributed by atoms with Gasteiger partial charge in [0.25, 0.3) is 0 Å². The number of aromatic nitrogens is 1. The second-order valence-corrected chi connectivity index (χ2v) is 4.98. The van der Waals surface area contributed by atoms with E-state index < -0.39 is 12.7 Å². The van der Waals surface area contributed by atoms with Gasteiger partial charge in [0.05, 0.1) is 11.1 Å². The molecule has 2 N–H and O–H groups in total. The molecule has 0 aliphatic carbocycles. The van der Waals surface area contributed by atoms with Gasteiger partial charge in [0.15, 0.2) is 0 Å². The lowest BCUT2D eigenvalue weighted by Gasteiger charge is -2.13. The van der Waals surface area contributed by atoms with Crippen molar-refractivity contribution < 1.29 is 18.6 Å². The number of hydrogen-bond acceptors (Lipinski definition) is 4. The highest BCUT2D eigenvalue weighted by atomic mass is 35.5. The summed E-state index contributed by atoms with van der Waals surface area (Å²) in [6.07, 6.45) is 2.57. The second kappa shape index (κ2) is 8.03. The first-order valence-corrected chi connectivity index (χ1v) is 6.96. The summed E-state index contributed by atoms with van der Waals surface area (Å²) in [5.41, 5.74) is 1.56. The molecule has 1 aromatic carbocycles. The lowest BCUT2D eigenvalue weighted by molar-refractivity contribution is -0.0497. The van der Waals surface area contributed by atoms with Crippen molar-refractivity contribution >= 4 is 11.6 Å². The number of alkyl halides is 2. The number of benzene rings is 1. The molecule has 1 heterocycles. The van der Waals surface area contributed by atoms with Crippen molar-refractivity contribution in [2.24, 2.45) is 0 Å². The first-order valence-electron chi connectivity index (χ1n) is 6.58. The number of halogens is 3. The summed E-state index contributed by atoms with van der Waals surface area (Å²) in [6.45, 7) is -2.12. The predicted molar refractivity (Wildman–Crippen MR) is 79.0 cm³/mol. The van der Waals surface area contributed by atoms with Crippen LogP contribution < -0.4 is 10.1 Å². The van der Waals surface area contributed by atoms with Crippen LogP contribution in [0.25, 0.3) is 0 Å². The smallest absolute Gasteiger partial charge is 0.387 e. The standard InChI is InChI=1S/C15H15ClF2N2O2/c16-12-7-10(1-2-14(12)22-15(17)18)8-20-9-13(21)11-3-5-19-6-4-11/h1-7,13,15,20-21H,8-9H2. The van der Waals surface area contributed by atoms with E-state index in [1.807, 2.05) is 0 Å². The Morgan fingerprint density at radius 1 is 1.23 bits per heavy atom. The van der Waals surface area contributed by atoms with Gasteiger partial charge in [0.1, 0.15) is 5.75 Å². The fourth-order valence-electron chi connectivity index (χ4n) is 1.90. The molecule has 2 aromatic rings. The molecule has 0 saturated carbocycles. The second-order valence-electron chi connectivity index (χ2n) is 4.57. The highest BCUT2D eigenvalue weighted by Crippen LogP contribution is 2.26. The summed E-state index contributed by atoms with van der Waals surface area (Å²) in [5.74, 6) is -0.0581. The summed E-state index contributed by atoms with van der Waals surface area (Å²) in [4.78, 5) is 3.88. The highest BCUT2D eigenvalue weighted by molar-refractivity contribution is 6.32. The minimum Gasteiger partial charge on any atom is -0.433 e. The van der Waals surface area contributed by atoms with Gasteiger partial charge in [-0.05, 0) is 35.4 Å². The molecule has 118 valence electrons. The van der Waals surface area contributed by atoms with E-state index in [2.05, 4.69) is 15.0 Å². The molecule has 1 aromatic heterocycles. The molecule has 0 aliphatic heterocycles. The van der Waals surface area contributed by atoms with Gasteiger partial charge in [-0.25, -0.2) is 0 Å². The number of hydrogen-bond donors (Lipinski definition) is 2. The van der Waals surface area contributed by atoms with Gasteiger partial charge < -0.3 is 15.2 Å². The van der Waals surface area contributed by atoms with E-state index in [0.29, 0.717) is 13.1 Å². The van der Waals surface area contributed by atoms with Gasteiger partial charge in [0.2, 0.25) is 0 Å². The minimum atomic E-state index is -2.91. The Bertz CT molecular complexity index is 599.